The average Bonchev–Trinajstić information content (AvgIpc) is 2.93. The van der Waals surface area contributed by atoms with Gasteiger partial charge in [-0.1, -0.05) is 18.2 Å². The van der Waals surface area contributed by atoms with Crippen molar-refractivity contribution in [2.24, 2.45) is 0 Å². The number of hydrogen-bond donors (Lipinski definition) is 3. The Morgan fingerprint density at radius 3 is 2.38 bits per heavy atom. The van der Waals surface area contributed by atoms with Gasteiger partial charge in [0.25, 0.3) is 5.91 Å². The zero-order valence-electron chi connectivity index (χ0n) is 11.5. The molecule has 0 aliphatic carbocycles. The summed E-state index contributed by atoms with van der Waals surface area (Å²) < 4.78 is 0. The fourth-order valence-corrected chi connectivity index (χ4v) is 2.41. The highest BCUT2D eigenvalue weighted by Gasteiger charge is 2.13. The third kappa shape index (κ3) is 4.40. The van der Waals surface area contributed by atoms with Crippen molar-refractivity contribution in [1.82, 2.24) is 0 Å². The van der Waals surface area contributed by atoms with E-state index in [-0.39, 0.29) is 12.3 Å². The normalized spacial score (nSPS) is 11.7. The maximum Gasteiger partial charge on any atom is 0.252 e. The second-order valence-corrected chi connectivity index (χ2v) is 5.55. The third-order valence-electron chi connectivity index (χ3n) is 2.75. The maximum atomic E-state index is 12.0. The van der Waals surface area contributed by atoms with Crippen LogP contribution < -0.4 is 10.6 Å². The molecule has 3 N–H and O–H groups in total. The van der Waals surface area contributed by atoms with Crippen molar-refractivity contribution in [3.63, 3.8) is 0 Å². The molecule has 0 radical (unpaired) electrons. The molecule has 5 nitrogen and oxygen atoms in total. The number of carbonyl (C=O) groups excluding carboxylic acids is 2. The van der Waals surface area contributed by atoms with Gasteiger partial charge in [-0.25, -0.2) is 0 Å². The lowest BCUT2D eigenvalue weighted by Crippen LogP contribution is -2.25. The number of rotatable bonds is 5. The smallest absolute Gasteiger partial charge is 0.252 e. The van der Waals surface area contributed by atoms with Crippen molar-refractivity contribution in [1.29, 1.82) is 0 Å². The van der Waals surface area contributed by atoms with Crippen LogP contribution in [0.1, 0.15) is 11.8 Å². The molecule has 0 aliphatic heterocycles. The Morgan fingerprint density at radius 2 is 1.81 bits per heavy atom. The van der Waals surface area contributed by atoms with Gasteiger partial charge in [-0.3, -0.25) is 9.59 Å². The number of para-hydroxylation sites is 2. The van der Waals surface area contributed by atoms with Crippen molar-refractivity contribution in [2.75, 3.05) is 10.6 Å². The molecule has 1 unspecified atom stereocenters. The molecule has 1 aromatic carbocycles. The Bertz CT molecular complexity index is 624. The van der Waals surface area contributed by atoms with Crippen LogP contribution in [0, 0.1) is 0 Å². The van der Waals surface area contributed by atoms with Crippen molar-refractivity contribution in [2.45, 2.75) is 19.4 Å². The first kappa shape index (κ1) is 15.2. The van der Waals surface area contributed by atoms with Gasteiger partial charge in [0.05, 0.1) is 17.8 Å². The first-order valence-electron chi connectivity index (χ1n) is 6.46. The lowest BCUT2D eigenvalue weighted by atomic mass is 10.2. The van der Waals surface area contributed by atoms with E-state index in [1.807, 2.05) is 17.5 Å². The van der Waals surface area contributed by atoms with Crippen LogP contribution >= 0.6 is 11.3 Å². The van der Waals surface area contributed by atoms with Gasteiger partial charge < -0.3 is 15.7 Å². The molecule has 2 amide bonds. The van der Waals surface area contributed by atoms with Crippen LogP contribution in [0.3, 0.4) is 0 Å². The largest absolute Gasteiger partial charge is 0.384 e. The summed E-state index contributed by atoms with van der Waals surface area (Å²) in [7, 11) is 0. The minimum Gasteiger partial charge on any atom is -0.384 e. The first-order valence-corrected chi connectivity index (χ1v) is 7.34. The zero-order valence-corrected chi connectivity index (χ0v) is 12.3. The molecule has 0 spiro atoms. The molecule has 2 aromatic rings. The monoisotopic (exact) mass is 304 g/mol. The molecule has 0 aliphatic rings. The highest BCUT2D eigenvalue weighted by molar-refractivity contribution is 7.10. The number of aliphatic hydroxyl groups is 1. The van der Waals surface area contributed by atoms with Crippen molar-refractivity contribution >= 4 is 34.5 Å². The Labute approximate surface area is 126 Å². The van der Waals surface area contributed by atoms with Crippen LogP contribution in [0.15, 0.2) is 41.8 Å². The fourth-order valence-electron chi connectivity index (χ4n) is 1.70. The van der Waals surface area contributed by atoms with Gasteiger partial charge in [-0.05, 0) is 30.5 Å². The number of aliphatic hydroxyl groups excluding tert-OH is 1. The van der Waals surface area contributed by atoms with Gasteiger partial charge in [0.1, 0.15) is 6.10 Å². The molecular weight excluding hydrogens is 288 g/mol. The van der Waals surface area contributed by atoms with Gasteiger partial charge >= 0.3 is 0 Å². The molecule has 0 fully saturated rings. The molecule has 0 bridgehead atoms. The highest BCUT2D eigenvalue weighted by Crippen LogP contribution is 2.21. The van der Waals surface area contributed by atoms with Crippen molar-refractivity contribution in [3.05, 3.63) is 46.7 Å². The molecule has 21 heavy (non-hydrogen) atoms. The number of carbonyl (C=O) groups is 2. The third-order valence-corrected chi connectivity index (χ3v) is 3.63. The molecule has 110 valence electrons. The highest BCUT2D eigenvalue weighted by atomic mass is 32.1. The van der Waals surface area contributed by atoms with Crippen LogP contribution in [0.25, 0.3) is 0 Å². The summed E-state index contributed by atoms with van der Waals surface area (Å²) in [6, 6.07) is 10.7. The lowest BCUT2D eigenvalue weighted by Gasteiger charge is -2.13. The summed E-state index contributed by atoms with van der Waals surface area (Å²) in [6.45, 7) is 1.38. The van der Waals surface area contributed by atoms with Crippen LogP contribution in [-0.2, 0) is 16.0 Å². The van der Waals surface area contributed by atoms with Gasteiger partial charge in [0.15, 0.2) is 0 Å². The quantitative estimate of drug-likeness (QED) is 0.792. The summed E-state index contributed by atoms with van der Waals surface area (Å²) in [5.41, 5.74) is 0.969. The van der Waals surface area contributed by atoms with Gasteiger partial charge in [-0.2, -0.15) is 0 Å². The summed E-state index contributed by atoms with van der Waals surface area (Å²) in [5.74, 6) is -0.675. The molecule has 1 atom stereocenters. The Hall–Kier alpha value is -2.18. The van der Waals surface area contributed by atoms with Crippen LogP contribution in [-0.4, -0.2) is 23.0 Å². The summed E-state index contributed by atoms with van der Waals surface area (Å²) in [5, 5.41) is 16.5. The van der Waals surface area contributed by atoms with E-state index in [0.717, 1.165) is 4.88 Å². The number of thiophene rings is 1. The van der Waals surface area contributed by atoms with Crippen molar-refractivity contribution < 1.29 is 14.7 Å². The van der Waals surface area contributed by atoms with E-state index in [1.54, 1.807) is 24.3 Å². The van der Waals surface area contributed by atoms with E-state index in [0.29, 0.717) is 11.4 Å². The van der Waals surface area contributed by atoms with E-state index in [1.165, 1.54) is 18.3 Å². The minimum absolute atomic E-state index is 0.156. The number of anilines is 2. The molecule has 0 saturated carbocycles. The molecule has 6 heteroatoms. The standard InChI is InChI=1S/C15H16N2O3S/c1-10(18)15(20)17-13-7-3-2-6-12(13)16-14(19)9-11-5-4-8-21-11/h2-8,10,18H,9H2,1H3,(H,16,19)(H,17,20). The van der Waals surface area contributed by atoms with Crippen LogP contribution in [0.5, 0.6) is 0 Å². The predicted octanol–water partition coefficient (Wildman–Crippen LogP) is 2.25. The van der Waals surface area contributed by atoms with Gasteiger partial charge in [0, 0.05) is 4.88 Å². The fraction of sp³-hybridized carbons (Fsp3) is 0.200. The summed E-state index contributed by atoms with van der Waals surface area (Å²) in [6.07, 6.45) is -0.823. The van der Waals surface area contributed by atoms with Gasteiger partial charge in [-0.15, -0.1) is 11.3 Å². The van der Waals surface area contributed by atoms with Crippen molar-refractivity contribution in [3.8, 4) is 0 Å². The van der Waals surface area contributed by atoms with E-state index in [9.17, 15) is 14.7 Å². The number of benzene rings is 1. The first-order chi connectivity index (χ1) is 10.1. The second kappa shape index (κ2) is 7.01. The number of nitrogens with one attached hydrogen (secondary N) is 2. The van der Waals surface area contributed by atoms with E-state index >= 15 is 0 Å². The predicted molar refractivity (Wildman–Crippen MR) is 83.4 cm³/mol. The topological polar surface area (TPSA) is 78.4 Å². The van der Waals surface area contributed by atoms with E-state index in [4.69, 9.17) is 0 Å². The molecule has 2 rings (SSSR count). The van der Waals surface area contributed by atoms with Crippen LogP contribution in [0.4, 0.5) is 11.4 Å². The number of amides is 2. The maximum absolute atomic E-state index is 12.0. The Kier molecular flexibility index (Phi) is 5.08. The van der Waals surface area contributed by atoms with E-state index in [2.05, 4.69) is 10.6 Å². The SMILES string of the molecule is CC(O)C(=O)Nc1ccccc1NC(=O)Cc1cccs1. The Morgan fingerprint density at radius 1 is 1.14 bits per heavy atom. The summed E-state index contributed by atoms with van der Waals surface area (Å²) >= 11 is 1.52. The molecule has 0 saturated heterocycles. The van der Waals surface area contributed by atoms with E-state index < -0.39 is 12.0 Å². The minimum atomic E-state index is -1.11. The summed E-state index contributed by atoms with van der Waals surface area (Å²) in [4.78, 5) is 24.5. The average molecular weight is 304 g/mol. The number of hydrogen-bond acceptors (Lipinski definition) is 4. The van der Waals surface area contributed by atoms with Crippen LogP contribution in [0.2, 0.25) is 0 Å². The second-order valence-electron chi connectivity index (χ2n) is 4.52. The van der Waals surface area contributed by atoms with Gasteiger partial charge in [0.2, 0.25) is 5.91 Å². The molecular formula is C15H16N2O3S. The zero-order chi connectivity index (χ0) is 15.2. The molecule has 1 heterocycles. The Balaban J connectivity index is 2.05. The molecule has 1 aromatic heterocycles. The lowest BCUT2D eigenvalue weighted by molar-refractivity contribution is -0.123.